The molecule has 1 aromatic rings. The van der Waals surface area contributed by atoms with Crippen molar-refractivity contribution in [2.75, 3.05) is 35.4 Å². The third-order valence-corrected chi connectivity index (χ3v) is 5.14. The first-order chi connectivity index (χ1) is 11.8. The fraction of sp³-hybridized carbons (Fsp3) is 0.429. The Kier molecular flexibility index (Phi) is 4.52. The van der Waals surface area contributed by atoms with Crippen molar-refractivity contribution in [3.8, 4) is 0 Å². The Labute approximate surface area is 143 Å². The number of ether oxygens (including phenoxy) is 1. The average Bonchev–Trinajstić information content (AvgIpc) is 3.07. The van der Waals surface area contributed by atoms with Gasteiger partial charge in [-0.15, -0.1) is 0 Å². The van der Waals surface area contributed by atoms with Crippen molar-refractivity contribution in [1.29, 1.82) is 0 Å². The van der Waals surface area contributed by atoms with E-state index in [1.54, 1.807) is 0 Å². The van der Waals surface area contributed by atoms with Gasteiger partial charge in [-0.1, -0.05) is 0 Å². The van der Waals surface area contributed by atoms with E-state index in [9.17, 15) is 22.4 Å². The zero-order chi connectivity index (χ0) is 18.2. The monoisotopic (exact) mass is 373 g/mol. The molecule has 25 heavy (non-hydrogen) atoms. The first kappa shape index (κ1) is 17.4. The average molecular weight is 373 g/mol. The summed E-state index contributed by atoms with van der Waals surface area (Å²) in [5, 5.41) is 2.54. The predicted molar refractivity (Wildman–Crippen MR) is 84.9 cm³/mol. The number of carbonyl (C=O) groups is 2. The Morgan fingerprint density at radius 2 is 2.20 bits per heavy atom. The van der Waals surface area contributed by atoms with Crippen LogP contribution in [0.2, 0.25) is 0 Å². The number of anilines is 2. The second-order valence-corrected chi connectivity index (χ2v) is 7.07. The molecule has 2 aliphatic rings. The van der Waals surface area contributed by atoms with Crippen LogP contribution in [0.5, 0.6) is 0 Å². The lowest BCUT2D eigenvalue weighted by Gasteiger charge is -2.18. The highest BCUT2D eigenvalue weighted by Gasteiger charge is 2.35. The lowest BCUT2D eigenvalue weighted by molar-refractivity contribution is -0.119. The minimum absolute atomic E-state index is 0.0170. The number of hydrogen-bond acceptors (Lipinski definition) is 6. The van der Waals surface area contributed by atoms with Crippen molar-refractivity contribution >= 4 is 33.7 Å². The van der Waals surface area contributed by atoms with Crippen LogP contribution in [0.15, 0.2) is 18.2 Å². The molecule has 1 N–H and O–H groups in total. The summed E-state index contributed by atoms with van der Waals surface area (Å²) >= 11 is 0. The Balaban J connectivity index is 1.77. The van der Waals surface area contributed by atoms with Crippen LogP contribution in [0.3, 0.4) is 0 Å². The van der Waals surface area contributed by atoms with Gasteiger partial charge in [-0.2, -0.15) is 8.42 Å². The van der Waals surface area contributed by atoms with E-state index in [0.29, 0.717) is 0 Å². The van der Waals surface area contributed by atoms with Gasteiger partial charge >= 0.3 is 16.4 Å². The fourth-order valence-corrected chi connectivity index (χ4v) is 3.70. The Morgan fingerprint density at radius 3 is 2.80 bits per heavy atom. The molecule has 0 unspecified atom stereocenters. The summed E-state index contributed by atoms with van der Waals surface area (Å²) in [5.74, 6) is -1.05. The lowest BCUT2D eigenvalue weighted by Crippen LogP contribution is -2.33. The topological polar surface area (TPSA) is 105 Å². The number of hydrogen-bond donors (Lipinski definition) is 1. The molecule has 2 fully saturated rings. The van der Waals surface area contributed by atoms with Crippen molar-refractivity contribution in [1.82, 2.24) is 5.32 Å². The highest BCUT2D eigenvalue weighted by Crippen LogP contribution is 2.30. The first-order valence-electron chi connectivity index (χ1n) is 7.47. The van der Waals surface area contributed by atoms with Gasteiger partial charge in [0.05, 0.1) is 37.6 Å². The summed E-state index contributed by atoms with van der Waals surface area (Å²) in [4.78, 5) is 24.1. The smallest absolute Gasteiger partial charge is 0.414 e. The van der Waals surface area contributed by atoms with Gasteiger partial charge in [-0.3, -0.25) is 13.9 Å². The third kappa shape index (κ3) is 3.51. The van der Waals surface area contributed by atoms with Gasteiger partial charge in [0, 0.05) is 6.92 Å². The SMILES string of the molecule is CC(=O)NC[C@H]1CN(c2ccc(N3CCOS3(=O)=O)c(F)c2)C(=O)O1. The van der Waals surface area contributed by atoms with Gasteiger partial charge in [-0.05, 0) is 18.2 Å². The van der Waals surface area contributed by atoms with Crippen molar-refractivity contribution in [2.24, 2.45) is 0 Å². The summed E-state index contributed by atoms with van der Waals surface area (Å²) in [6.07, 6.45) is -1.22. The highest BCUT2D eigenvalue weighted by molar-refractivity contribution is 7.88. The number of nitrogens with zero attached hydrogens (tertiary/aromatic N) is 2. The maximum Gasteiger partial charge on any atom is 0.414 e. The Bertz CT molecular complexity index is 815. The lowest BCUT2D eigenvalue weighted by atomic mass is 10.2. The Hall–Kier alpha value is -2.40. The molecular weight excluding hydrogens is 357 g/mol. The minimum atomic E-state index is -3.98. The van der Waals surface area contributed by atoms with Crippen LogP contribution in [0.25, 0.3) is 0 Å². The van der Waals surface area contributed by atoms with E-state index in [-0.39, 0.29) is 43.5 Å². The number of rotatable bonds is 4. The van der Waals surface area contributed by atoms with Crippen LogP contribution >= 0.6 is 0 Å². The van der Waals surface area contributed by atoms with E-state index in [0.717, 1.165) is 10.4 Å². The molecule has 0 aromatic heterocycles. The summed E-state index contributed by atoms with van der Waals surface area (Å²) < 4.78 is 48.3. The van der Waals surface area contributed by atoms with E-state index in [1.165, 1.54) is 24.0 Å². The molecule has 136 valence electrons. The molecule has 1 aromatic carbocycles. The van der Waals surface area contributed by atoms with Crippen LogP contribution < -0.4 is 14.5 Å². The molecule has 2 amide bonds. The van der Waals surface area contributed by atoms with Crippen molar-refractivity contribution in [3.63, 3.8) is 0 Å². The second-order valence-electron chi connectivity index (χ2n) is 5.54. The van der Waals surface area contributed by atoms with Crippen LogP contribution in [0.4, 0.5) is 20.6 Å². The maximum atomic E-state index is 14.4. The second kappa shape index (κ2) is 6.48. The third-order valence-electron chi connectivity index (χ3n) is 3.76. The molecule has 2 aliphatic heterocycles. The molecule has 2 heterocycles. The van der Waals surface area contributed by atoms with Crippen LogP contribution in [0.1, 0.15) is 6.92 Å². The van der Waals surface area contributed by atoms with Crippen LogP contribution in [-0.2, 0) is 24.0 Å². The molecule has 11 heteroatoms. The van der Waals surface area contributed by atoms with E-state index in [4.69, 9.17) is 4.74 Å². The molecule has 3 rings (SSSR count). The zero-order valence-electron chi connectivity index (χ0n) is 13.3. The minimum Gasteiger partial charge on any atom is -0.442 e. The number of carbonyl (C=O) groups excluding carboxylic acids is 2. The molecule has 0 saturated carbocycles. The summed E-state index contributed by atoms with van der Waals surface area (Å²) in [5.41, 5.74) is 0.0812. The maximum absolute atomic E-state index is 14.4. The number of cyclic esters (lactones) is 1. The Morgan fingerprint density at radius 1 is 1.44 bits per heavy atom. The van der Waals surface area contributed by atoms with E-state index in [2.05, 4.69) is 9.50 Å². The van der Waals surface area contributed by atoms with E-state index in [1.807, 2.05) is 0 Å². The standard InChI is InChI=1S/C14H16FN3O6S/c1-9(19)16-7-11-8-17(14(20)24-11)10-2-3-13(12(15)6-10)18-4-5-23-25(18,21)22/h2-3,6,11H,4-5,7-8H2,1H3,(H,16,19)/t11-/m0/s1. The van der Waals surface area contributed by atoms with Crippen molar-refractivity contribution in [2.45, 2.75) is 13.0 Å². The normalized spacial score (nSPS) is 22.2. The molecular formula is C14H16FN3O6S. The van der Waals surface area contributed by atoms with Crippen LogP contribution in [-0.4, -0.2) is 52.8 Å². The fourth-order valence-electron chi connectivity index (χ4n) is 2.60. The first-order valence-corrected chi connectivity index (χ1v) is 8.83. The van der Waals surface area contributed by atoms with Gasteiger partial charge in [0.2, 0.25) is 5.91 Å². The van der Waals surface area contributed by atoms with Crippen molar-refractivity contribution < 1.29 is 31.3 Å². The highest BCUT2D eigenvalue weighted by atomic mass is 32.2. The zero-order valence-corrected chi connectivity index (χ0v) is 14.1. The predicted octanol–water partition coefficient (Wildman–Crippen LogP) is 0.368. The quantitative estimate of drug-likeness (QED) is 0.817. The summed E-state index contributed by atoms with van der Waals surface area (Å²) in [7, 11) is -3.98. The van der Waals surface area contributed by atoms with Gasteiger partial charge in [0.25, 0.3) is 0 Å². The molecule has 1 atom stereocenters. The largest absolute Gasteiger partial charge is 0.442 e. The molecule has 0 radical (unpaired) electrons. The summed E-state index contributed by atoms with van der Waals surface area (Å²) in [6.45, 7) is 1.61. The summed E-state index contributed by atoms with van der Waals surface area (Å²) in [6, 6.07) is 3.75. The van der Waals surface area contributed by atoms with E-state index < -0.39 is 28.3 Å². The molecule has 9 nitrogen and oxygen atoms in total. The van der Waals surface area contributed by atoms with Gasteiger partial charge in [0.15, 0.2) is 0 Å². The number of amides is 2. The van der Waals surface area contributed by atoms with Crippen LogP contribution in [0, 0.1) is 5.82 Å². The molecule has 0 spiro atoms. The molecule has 2 saturated heterocycles. The molecule has 0 aliphatic carbocycles. The van der Waals surface area contributed by atoms with Gasteiger partial charge in [0.1, 0.15) is 11.9 Å². The number of benzene rings is 1. The van der Waals surface area contributed by atoms with E-state index >= 15 is 0 Å². The van der Waals surface area contributed by atoms with Gasteiger partial charge in [-0.25, -0.2) is 13.5 Å². The molecule has 0 bridgehead atoms. The number of halogens is 1. The van der Waals surface area contributed by atoms with Crippen molar-refractivity contribution in [3.05, 3.63) is 24.0 Å². The van der Waals surface area contributed by atoms with Gasteiger partial charge < -0.3 is 10.1 Å². The number of nitrogens with one attached hydrogen (secondary N) is 1.